The minimum Gasteiger partial charge on any atom is -0.370 e. The fourth-order valence-electron chi connectivity index (χ4n) is 2.50. The number of nitrogens with one attached hydrogen (secondary N) is 2. The summed E-state index contributed by atoms with van der Waals surface area (Å²) < 4.78 is 1.83. The maximum absolute atomic E-state index is 12.1. The summed E-state index contributed by atoms with van der Waals surface area (Å²) in [7, 11) is 0. The summed E-state index contributed by atoms with van der Waals surface area (Å²) in [6.45, 7) is 6.53. The maximum atomic E-state index is 12.1. The number of carbonyl (C=O) groups is 3. The molecule has 152 valence electrons. The molecule has 9 nitrogen and oxygen atoms in total. The molecule has 0 aromatic carbocycles. The zero-order chi connectivity index (χ0) is 20.7. The third kappa shape index (κ3) is 5.80. The van der Waals surface area contributed by atoms with E-state index in [1.807, 2.05) is 31.4 Å². The molecule has 4 N–H and O–H groups in total. The standard InChI is InChI=1S/C17H24N6O3S2/c1-4-11-10(3)8-12(28-11)16(26)21-20-15(25)9-27-17-22-19-14(23(17)5-2)7-6-13(18)24/h8H,4-7,9H2,1-3H3,(H2,18,24)(H,20,25)(H,21,26). The molecule has 0 saturated carbocycles. The van der Waals surface area contributed by atoms with Crippen molar-refractivity contribution >= 4 is 40.8 Å². The van der Waals surface area contributed by atoms with Crippen LogP contribution in [0.2, 0.25) is 0 Å². The van der Waals surface area contributed by atoms with Gasteiger partial charge in [-0.25, -0.2) is 0 Å². The summed E-state index contributed by atoms with van der Waals surface area (Å²) in [6.07, 6.45) is 1.46. The zero-order valence-electron chi connectivity index (χ0n) is 16.1. The van der Waals surface area contributed by atoms with E-state index in [1.165, 1.54) is 23.1 Å². The van der Waals surface area contributed by atoms with Crippen LogP contribution in [-0.2, 0) is 29.0 Å². The van der Waals surface area contributed by atoms with Crippen LogP contribution >= 0.6 is 23.1 Å². The number of primary amides is 1. The molecular formula is C17H24N6O3S2. The molecule has 0 saturated heterocycles. The molecular weight excluding hydrogens is 400 g/mol. The van der Waals surface area contributed by atoms with Crippen molar-refractivity contribution in [2.24, 2.45) is 5.73 Å². The van der Waals surface area contributed by atoms with Gasteiger partial charge in [0.15, 0.2) is 5.16 Å². The Morgan fingerprint density at radius 1 is 1.25 bits per heavy atom. The second-order valence-corrected chi connectivity index (χ2v) is 8.05. The highest BCUT2D eigenvalue weighted by atomic mass is 32.2. The van der Waals surface area contributed by atoms with Crippen molar-refractivity contribution in [1.82, 2.24) is 25.6 Å². The lowest BCUT2D eigenvalue weighted by Gasteiger charge is -2.08. The Morgan fingerprint density at radius 3 is 2.61 bits per heavy atom. The van der Waals surface area contributed by atoms with Gasteiger partial charge in [0.1, 0.15) is 5.82 Å². The number of hydrogen-bond acceptors (Lipinski definition) is 7. The number of hydrogen-bond donors (Lipinski definition) is 3. The van der Waals surface area contributed by atoms with Crippen molar-refractivity contribution in [2.45, 2.75) is 51.7 Å². The number of thioether (sulfide) groups is 1. The normalized spacial score (nSPS) is 10.7. The number of aryl methyl sites for hydroxylation is 3. The molecule has 2 rings (SSSR count). The van der Waals surface area contributed by atoms with Gasteiger partial charge in [-0.2, -0.15) is 0 Å². The Morgan fingerprint density at radius 2 is 2.00 bits per heavy atom. The van der Waals surface area contributed by atoms with Gasteiger partial charge in [-0.1, -0.05) is 18.7 Å². The molecule has 2 aromatic heterocycles. The number of amides is 3. The number of hydrazine groups is 1. The van der Waals surface area contributed by atoms with Crippen LogP contribution in [0.4, 0.5) is 0 Å². The Kier molecular flexibility index (Phi) is 8.00. The molecule has 0 aliphatic carbocycles. The summed E-state index contributed by atoms with van der Waals surface area (Å²) in [6, 6.07) is 1.82. The predicted octanol–water partition coefficient (Wildman–Crippen LogP) is 1.20. The summed E-state index contributed by atoms with van der Waals surface area (Å²) >= 11 is 2.63. The molecule has 0 atom stereocenters. The molecule has 0 aliphatic heterocycles. The van der Waals surface area contributed by atoms with Crippen LogP contribution < -0.4 is 16.6 Å². The lowest BCUT2D eigenvalue weighted by Crippen LogP contribution is -2.42. The van der Waals surface area contributed by atoms with Crippen molar-refractivity contribution in [2.75, 3.05) is 5.75 Å². The lowest BCUT2D eigenvalue weighted by molar-refractivity contribution is -0.119. The van der Waals surface area contributed by atoms with Gasteiger partial charge in [0, 0.05) is 24.3 Å². The van der Waals surface area contributed by atoms with E-state index in [1.54, 1.807) is 0 Å². The van der Waals surface area contributed by atoms with Gasteiger partial charge in [-0.05, 0) is 31.9 Å². The van der Waals surface area contributed by atoms with Crippen LogP contribution in [0.3, 0.4) is 0 Å². The smallest absolute Gasteiger partial charge is 0.279 e. The van der Waals surface area contributed by atoms with Crippen LogP contribution in [-0.4, -0.2) is 38.2 Å². The first-order valence-corrected chi connectivity index (χ1v) is 10.7. The van der Waals surface area contributed by atoms with E-state index in [9.17, 15) is 14.4 Å². The predicted molar refractivity (Wildman–Crippen MR) is 108 cm³/mol. The minimum atomic E-state index is -0.401. The van der Waals surface area contributed by atoms with Crippen LogP contribution in [0.1, 0.15) is 46.2 Å². The highest BCUT2D eigenvalue weighted by Crippen LogP contribution is 2.22. The van der Waals surface area contributed by atoms with Gasteiger partial charge in [0.05, 0.1) is 10.6 Å². The van der Waals surface area contributed by atoms with E-state index in [4.69, 9.17) is 5.73 Å². The van der Waals surface area contributed by atoms with E-state index >= 15 is 0 Å². The Bertz CT molecular complexity index is 861. The number of rotatable bonds is 9. The molecule has 0 radical (unpaired) electrons. The lowest BCUT2D eigenvalue weighted by atomic mass is 10.2. The summed E-state index contributed by atoms with van der Waals surface area (Å²) in [5.41, 5.74) is 11.1. The summed E-state index contributed by atoms with van der Waals surface area (Å²) in [5.74, 6) is -0.375. The van der Waals surface area contributed by atoms with Gasteiger partial charge in [0.2, 0.25) is 11.8 Å². The average Bonchev–Trinajstić information content (AvgIpc) is 3.24. The van der Waals surface area contributed by atoms with Crippen LogP contribution in [0.15, 0.2) is 11.2 Å². The van der Waals surface area contributed by atoms with Crippen molar-refractivity contribution in [3.8, 4) is 0 Å². The van der Waals surface area contributed by atoms with Crippen LogP contribution in [0, 0.1) is 6.92 Å². The molecule has 3 amide bonds. The first kappa shape index (κ1) is 21.9. The molecule has 0 spiro atoms. The minimum absolute atomic E-state index is 0.0674. The van der Waals surface area contributed by atoms with Crippen molar-refractivity contribution in [1.29, 1.82) is 0 Å². The largest absolute Gasteiger partial charge is 0.370 e. The Balaban J connectivity index is 1.85. The molecule has 0 fully saturated rings. The monoisotopic (exact) mass is 424 g/mol. The number of nitrogens with zero attached hydrogens (tertiary/aromatic N) is 3. The molecule has 2 aromatic rings. The SMILES string of the molecule is CCc1sc(C(=O)NNC(=O)CSc2nnc(CCC(N)=O)n2CC)cc1C. The second kappa shape index (κ2) is 10.2. The average molecular weight is 425 g/mol. The van der Waals surface area contributed by atoms with E-state index in [0.29, 0.717) is 28.8 Å². The molecule has 2 heterocycles. The van der Waals surface area contributed by atoms with Crippen molar-refractivity contribution in [3.63, 3.8) is 0 Å². The van der Waals surface area contributed by atoms with Crippen LogP contribution in [0.25, 0.3) is 0 Å². The van der Waals surface area contributed by atoms with Gasteiger partial charge in [-0.3, -0.25) is 25.2 Å². The van der Waals surface area contributed by atoms with E-state index in [2.05, 4.69) is 21.0 Å². The maximum Gasteiger partial charge on any atom is 0.279 e. The quantitative estimate of drug-likeness (QED) is 0.409. The molecule has 0 bridgehead atoms. The third-order valence-electron chi connectivity index (χ3n) is 3.92. The van der Waals surface area contributed by atoms with Gasteiger partial charge in [0.25, 0.3) is 5.91 Å². The third-order valence-corrected chi connectivity index (χ3v) is 6.26. The number of aromatic nitrogens is 3. The molecule has 11 heteroatoms. The van der Waals surface area contributed by atoms with E-state index < -0.39 is 5.91 Å². The van der Waals surface area contributed by atoms with E-state index in [0.717, 1.165) is 16.9 Å². The van der Waals surface area contributed by atoms with E-state index in [-0.39, 0.29) is 24.0 Å². The van der Waals surface area contributed by atoms with Gasteiger partial charge < -0.3 is 10.3 Å². The summed E-state index contributed by atoms with van der Waals surface area (Å²) in [5, 5.41) is 8.69. The number of nitrogens with two attached hydrogens (primary N) is 1. The first-order chi connectivity index (χ1) is 13.3. The first-order valence-electron chi connectivity index (χ1n) is 8.87. The fourth-order valence-corrected chi connectivity index (χ4v) is 4.33. The summed E-state index contributed by atoms with van der Waals surface area (Å²) in [4.78, 5) is 36.8. The van der Waals surface area contributed by atoms with Gasteiger partial charge >= 0.3 is 0 Å². The van der Waals surface area contributed by atoms with Gasteiger partial charge in [-0.15, -0.1) is 21.5 Å². The topological polar surface area (TPSA) is 132 Å². The highest BCUT2D eigenvalue weighted by Gasteiger charge is 2.15. The molecule has 0 unspecified atom stereocenters. The number of thiophene rings is 1. The van der Waals surface area contributed by atoms with Crippen LogP contribution in [0.5, 0.6) is 0 Å². The highest BCUT2D eigenvalue weighted by molar-refractivity contribution is 7.99. The fraction of sp³-hybridized carbons (Fsp3) is 0.471. The number of carbonyl (C=O) groups excluding carboxylic acids is 3. The Hall–Kier alpha value is -2.40. The van der Waals surface area contributed by atoms with Crippen molar-refractivity contribution in [3.05, 3.63) is 27.2 Å². The molecule has 0 aliphatic rings. The second-order valence-electron chi connectivity index (χ2n) is 5.97. The molecule has 28 heavy (non-hydrogen) atoms. The Labute approximate surface area is 171 Å². The van der Waals surface area contributed by atoms with Crippen molar-refractivity contribution < 1.29 is 14.4 Å². The zero-order valence-corrected chi connectivity index (χ0v) is 17.7.